The van der Waals surface area contributed by atoms with Crippen LogP contribution in [0, 0.1) is 0 Å². The van der Waals surface area contributed by atoms with Gasteiger partial charge < -0.3 is 4.57 Å². The number of carbonyl (C=O) groups excluding carboxylic acids is 1. The summed E-state index contributed by atoms with van der Waals surface area (Å²) in [6.45, 7) is 0. The summed E-state index contributed by atoms with van der Waals surface area (Å²) in [5.41, 5.74) is 2.18. The van der Waals surface area contributed by atoms with Gasteiger partial charge in [-0.05, 0) is 54.6 Å². The van der Waals surface area contributed by atoms with E-state index in [-0.39, 0.29) is 5.78 Å². The van der Waals surface area contributed by atoms with Gasteiger partial charge in [-0.15, -0.1) is 0 Å². The second kappa shape index (κ2) is 5.88. The zero-order valence-electron chi connectivity index (χ0n) is 11.0. The highest BCUT2D eigenvalue weighted by atomic mass is 79.9. The molecule has 0 unspecified atom stereocenters. The predicted molar refractivity (Wildman–Crippen MR) is 88.4 cm³/mol. The van der Waals surface area contributed by atoms with Gasteiger partial charge in [0.05, 0.1) is 5.69 Å². The first-order valence-electron chi connectivity index (χ1n) is 6.39. The number of rotatable bonds is 3. The molecule has 0 fully saturated rings. The summed E-state index contributed by atoms with van der Waals surface area (Å²) in [6.07, 6.45) is 1.88. The molecule has 0 saturated heterocycles. The van der Waals surface area contributed by atoms with E-state index in [1.165, 1.54) is 0 Å². The van der Waals surface area contributed by atoms with E-state index in [0.717, 1.165) is 10.2 Å². The Balaban J connectivity index is 2.03. The molecule has 0 aliphatic heterocycles. The summed E-state index contributed by atoms with van der Waals surface area (Å²) in [7, 11) is 0. The van der Waals surface area contributed by atoms with Crippen molar-refractivity contribution in [3.8, 4) is 5.69 Å². The third kappa shape index (κ3) is 2.94. The SMILES string of the molecule is O=C(c1ccc(Cl)cc1)c1cccn1-c1cccc(Br)c1. The van der Waals surface area contributed by atoms with E-state index < -0.39 is 0 Å². The van der Waals surface area contributed by atoms with Gasteiger partial charge in [0.15, 0.2) is 0 Å². The van der Waals surface area contributed by atoms with Crippen LogP contribution in [0.5, 0.6) is 0 Å². The number of halogens is 2. The van der Waals surface area contributed by atoms with Crippen molar-refractivity contribution < 1.29 is 4.79 Å². The van der Waals surface area contributed by atoms with Crippen molar-refractivity contribution in [3.05, 3.63) is 87.6 Å². The third-order valence-corrected chi connectivity index (χ3v) is 3.92. The van der Waals surface area contributed by atoms with Crippen LogP contribution in [0.1, 0.15) is 16.1 Å². The topological polar surface area (TPSA) is 22.0 Å². The molecule has 104 valence electrons. The maximum Gasteiger partial charge on any atom is 0.209 e. The van der Waals surface area contributed by atoms with Gasteiger partial charge in [0.1, 0.15) is 0 Å². The van der Waals surface area contributed by atoms with Gasteiger partial charge in [0, 0.05) is 26.9 Å². The minimum absolute atomic E-state index is 0.0309. The lowest BCUT2D eigenvalue weighted by molar-refractivity contribution is 0.103. The Morgan fingerprint density at radius 1 is 1.00 bits per heavy atom. The number of nitrogens with zero attached hydrogens (tertiary/aromatic N) is 1. The second-order valence-corrected chi connectivity index (χ2v) is 5.93. The summed E-state index contributed by atoms with van der Waals surface area (Å²) in [6, 6.07) is 18.4. The molecule has 1 aromatic heterocycles. The minimum Gasteiger partial charge on any atom is -0.314 e. The van der Waals surface area contributed by atoms with E-state index in [1.807, 2.05) is 47.2 Å². The Morgan fingerprint density at radius 2 is 1.76 bits per heavy atom. The van der Waals surface area contributed by atoms with E-state index in [4.69, 9.17) is 11.6 Å². The van der Waals surface area contributed by atoms with Crippen LogP contribution >= 0.6 is 27.5 Å². The first-order chi connectivity index (χ1) is 10.1. The molecule has 2 nitrogen and oxygen atoms in total. The smallest absolute Gasteiger partial charge is 0.209 e. The van der Waals surface area contributed by atoms with Gasteiger partial charge in [-0.25, -0.2) is 0 Å². The van der Waals surface area contributed by atoms with E-state index in [2.05, 4.69) is 15.9 Å². The lowest BCUT2D eigenvalue weighted by atomic mass is 10.1. The Hall–Kier alpha value is -1.84. The lowest BCUT2D eigenvalue weighted by Crippen LogP contribution is -2.08. The largest absolute Gasteiger partial charge is 0.314 e. The van der Waals surface area contributed by atoms with Crippen molar-refractivity contribution in [2.24, 2.45) is 0 Å². The molecule has 0 aliphatic carbocycles. The Kier molecular flexibility index (Phi) is 3.95. The van der Waals surface area contributed by atoms with E-state index >= 15 is 0 Å². The van der Waals surface area contributed by atoms with Crippen molar-refractivity contribution in [3.63, 3.8) is 0 Å². The van der Waals surface area contributed by atoms with Gasteiger partial charge in [0.25, 0.3) is 0 Å². The monoisotopic (exact) mass is 359 g/mol. The highest BCUT2D eigenvalue weighted by Crippen LogP contribution is 2.20. The van der Waals surface area contributed by atoms with Gasteiger partial charge in [0.2, 0.25) is 5.78 Å². The molecular weight excluding hydrogens is 350 g/mol. The van der Waals surface area contributed by atoms with Gasteiger partial charge in [-0.1, -0.05) is 33.6 Å². The van der Waals surface area contributed by atoms with Crippen LogP contribution in [0.2, 0.25) is 5.02 Å². The van der Waals surface area contributed by atoms with Gasteiger partial charge in [-0.2, -0.15) is 0 Å². The molecule has 21 heavy (non-hydrogen) atoms. The average molecular weight is 361 g/mol. The summed E-state index contributed by atoms with van der Waals surface area (Å²) in [5.74, 6) is -0.0309. The maximum absolute atomic E-state index is 12.6. The molecule has 0 N–H and O–H groups in total. The Bertz CT molecular complexity index is 793. The minimum atomic E-state index is -0.0309. The van der Waals surface area contributed by atoms with Crippen LogP contribution in [0.15, 0.2) is 71.3 Å². The van der Waals surface area contributed by atoms with Crippen LogP contribution in [-0.2, 0) is 0 Å². The number of ketones is 1. The first-order valence-corrected chi connectivity index (χ1v) is 7.56. The number of aromatic nitrogens is 1. The normalized spacial score (nSPS) is 10.6. The molecule has 2 aromatic carbocycles. The van der Waals surface area contributed by atoms with E-state index in [1.54, 1.807) is 24.3 Å². The number of benzene rings is 2. The lowest BCUT2D eigenvalue weighted by Gasteiger charge is -2.09. The zero-order valence-corrected chi connectivity index (χ0v) is 13.3. The van der Waals surface area contributed by atoms with Crippen molar-refractivity contribution in [1.29, 1.82) is 0 Å². The molecule has 0 bridgehead atoms. The van der Waals surface area contributed by atoms with Crippen LogP contribution in [-0.4, -0.2) is 10.4 Å². The summed E-state index contributed by atoms with van der Waals surface area (Å²) in [5, 5.41) is 0.619. The molecular formula is C17H11BrClNO. The molecule has 4 heteroatoms. The number of hydrogen-bond donors (Lipinski definition) is 0. The molecule has 0 atom stereocenters. The summed E-state index contributed by atoms with van der Waals surface area (Å²) in [4.78, 5) is 12.6. The fourth-order valence-corrected chi connectivity index (χ4v) is 2.68. The zero-order chi connectivity index (χ0) is 14.8. The van der Waals surface area contributed by atoms with Gasteiger partial charge in [-0.3, -0.25) is 4.79 Å². The predicted octanol–water partition coefficient (Wildman–Crippen LogP) is 5.12. The summed E-state index contributed by atoms with van der Waals surface area (Å²) >= 11 is 9.31. The van der Waals surface area contributed by atoms with Crippen molar-refractivity contribution in [2.45, 2.75) is 0 Å². The molecule has 0 radical (unpaired) electrons. The molecule has 0 spiro atoms. The average Bonchev–Trinajstić information content (AvgIpc) is 2.97. The quantitative estimate of drug-likeness (QED) is 0.594. The number of hydrogen-bond acceptors (Lipinski definition) is 1. The molecule has 0 amide bonds. The van der Waals surface area contributed by atoms with Crippen molar-refractivity contribution >= 4 is 33.3 Å². The van der Waals surface area contributed by atoms with Crippen LogP contribution in [0.3, 0.4) is 0 Å². The number of carbonyl (C=O) groups is 1. The fraction of sp³-hybridized carbons (Fsp3) is 0. The highest BCUT2D eigenvalue weighted by molar-refractivity contribution is 9.10. The molecule has 0 saturated carbocycles. The molecule has 0 aliphatic rings. The standard InChI is InChI=1S/C17H11BrClNO/c18-13-3-1-4-15(11-13)20-10-2-5-16(20)17(21)12-6-8-14(19)9-7-12/h1-11H. The van der Waals surface area contributed by atoms with E-state index in [0.29, 0.717) is 16.3 Å². The molecule has 1 heterocycles. The maximum atomic E-state index is 12.6. The van der Waals surface area contributed by atoms with Crippen LogP contribution in [0.25, 0.3) is 5.69 Å². The second-order valence-electron chi connectivity index (χ2n) is 4.58. The fourth-order valence-electron chi connectivity index (χ4n) is 2.17. The summed E-state index contributed by atoms with van der Waals surface area (Å²) < 4.78 is 2.85. The van der Waals surface area contributed by atoms with Crippen LogP contribution < -0.4 is 0 Å². The van der Waals surface area contributed by atoms with Crippen molar-refractivity contribution in [1.82, 2.24) is 4.57 Å². The highest BCUT2D eigenvalue weighted by Gasteiger charge is 2.14. The molecule has 3 rings (SSSR count). The van der Waals surface area contributed by atoms with Crippen LogP contribution in [0.4, 0.5) is 0 Å². The van der Waals surface area contributed by atoms with E-state index in [9.17, 15) is 4.79 Å². The Morgan fingerprint density at radius 3 is 2.48 bits per heavy atom. The third-order valence-electron chi connectivity index (χ3n) is 3.17. The van der Waals surface area contributed by atoms with Gasteiger partial charge >= 0.3 is 0 Å². The Labute approximate surface area is 136 Å². The first kappa shape index (κ1) is 14.1. The van der Waals surface area contributed by atoms with Crippen molar-refractivity contribution in [2.75, 3.05) is 0 Å². The molecule has 3 aromatic rings.